The number of thiophene rings is 1. The van der Waals surface area contributed by atoms with Crippen LogP contribution >= 0.6 is 22.9 Å². The van der Waals surface area contributed by atoms with Crippen molar-refractivity contribution < 1.29 is 4.79 Å². The number of nitrogens with zero attached hydrogens (tertiary/aromatic N) is 6. The Morgan fingerprint density at radius 3 is 2.71 bits per heavy atom. The maximum Gasteiger partial charge on any atom is 0.254 e. The van der Waals surface area contributed by atoms with E-state index in [2.05, 4.69) is 26.0 Å². The molecule has 0 aliphatic carbocycles. The number of hydrogen-bond donors (Lipinski definition) is 0. The number of carbonyl (C=O) groups is 1. The molecule has 158 valence electrons. The minimum absolute atomic E-state index is 0.0230. The molecule has 4 aromatic rings. The highest BCUT2D eigenvalue weighted by Gasteiger charge is 2.25. The van der Waals surface area contributed by atoms with Crippen molar-refractivity contribution in [3.8, 4) is 0 Å². The number of halogens is 1. The van der Waals surface area contributed by atoms with E-state index < -0.39 is 0 Å². The molecule has 0 bridgehead atoms. The van der Waals surface area contributed by atoms with Crippen molar-refractivity contribution in [2.45, 2.75) is 13.5 Å². The van der Waals surface area contributed by atoms with Crippen molar-refractivity contribution in [3.63, 3.8) is 0 Å². The number of aromatic nitrogens is 4. The van der Waals surface area contributed by atoms with Crippen LogP contribution in [0.15, 0.2) is 48.1 Å². The minimum Gasteiger partial charge on any atom is -0.353 e. The number of aryl methyl sites for hydroxylation is 1. The number of rotatable bonds is 4. The number of pyridine rings is 2. The predicted molar refractivity (Wildman–Crippen MR) is 123 cm³/mol. The summed E-state index contributed by atoms with van der Waals surface area (Å²) in [5.74, 6) is 0.906. The number of piperazine rings is 1. The van der Waals surface area contributed by atoms with E-state index in [9.17, 15) is 4.79 Å². The Labute approximate surface area is 188 Å². The van der Waals surface area contributed by atoms with Gasteiger partial charge in [-0.1, -0.05) is 17.7 Å². The lowest BCUT2D eigenvalue weighted by Gasteiger charge is -2.35. The van der Waals surface area contributed by atoms with E-state index in [0.29, 0.717) is 30.2 Å². The van der Waals surface area contributed by atoms with Gasteiger partial charge in [-0.2, -0.15) is 5.10 Å². The first-order chi connectivity index (χ1) is 15.1. The Kier molecular flexibility index (Phi) is 5.33. The summed E-state index contributed by atoms with van der Waals surface area (Å²) in [6.07, 6.45) is 3.41. The van der Waals surface area contributed by atoms with E-state index in [1.807, 2.05) is 46.2 Å². The molecule has 5 heterocycles. The van der Waals surface area contributed by atoms with Gasteiger partial charge in [-0.3, -0.25) is 4.79 Å². The normalized spacial score (nSPS) is 14.4. The van der Waals surface area contributed by atoms with Crippen molar-refractivity contribution >= 4 is 45.7 Å². The van der Waals surface area contributed by atoms with E-state index in [-0.39, 0.29) is 5.91 Å². The molecular formula is C22H21ClN6OS. The van der Waals surface area contributed by atoms with Crippen LogP contribution in [0.5, 0.6) is 0 Å². The molecule has 9 heteroatoms. The molecule has 31 heavy (non-hydrogen) atoms. The highest BCUT2D eigenvalue weighted by Crippen LogP contribution is 2.23. The number of hydrogen-bond acceptors (Lipinski definition) is 6. The Hall–Kier alpha value is -2.97. The first-order valence-electron chi connectivity index (χ1n) is 10.1. The lowest BCUT2D eigenvalue weighted by Crippen LogP contribution is -2.49. The van der Waals surface area contributed by atoms with Crippen molar-refractivity contribution in [2.24, 2.45) is 0 Å². The molecule has 0 atom stereocenters. The zero-order chi connectivity index (χ0) is 21.4. The summed E-state index contributed by atoms with van der Waals surface area (Å²) in [5, 5.41) is 7.99. The van der Waals surface area contributed by atoms with Gasteiger partial charge in [0.05, 0.1) is 28.7 Å². The van der Waals surface area contributed by atoms with Crippen LogP contribution in [-0.4, -0.2) is 56.7 Å². The number of carbonyl (C=O) groups excluding carboxylic acids is 1. The molecule has 1 fully saturated rings. The van der Waals surface area contributed by atoms with Crippen molar-refractivity contribution in [1.29, 1.82) is 0 Å². The van der Waals surface area contributed by atoms with Gasteiger partial charge in [0, 0.05) is 42.9 Å². The van der Waals surface area contributed by atoms with Crippen molar-refractivity contribution in [1.82, 2.24) is 24.6 Å². The number of anilines is 1. The van der Waals surface area contributed by atoms with Gasteiger partial charge in [0.15, 0.2) is 5.65 Å². The molecule has 0 spiro atoms. The molecule has 0 saturated carbocycles. The predicted octanol–water partition coefficient (Wildman–Crippen LogP) is 3.86. The fraction of sp³-hybridized carbons (Fsp3) is 0.273. The number of fused-ring (bicyclic) bond motifs is 1. The third-order valence-corrected chi connectivity index (χ3v) is 6.54. The van der Waals surface area contributed by atoms with Crippen LogP contribution in [0.1, 0.15) is 20.9 Å². The Balaban J connectivity index is 1.36. The first kappa shape index (κ1) is 20.0. The van der Waals surface area contributed by atoms with Gasteiger partial charge in [-0.05, 0) is 36.6 Å². The van der Waals surface area contributed by atoms with Gasteiger partial charge in [0.25, 0.3) is 5.91 Å². The first-order valence-corrected chi connectivity index (χ1v) is 11.4. The highest BCUT2D eigenvalue weighted by atomic mass is 35.5. The van der Waals surface area contributed by atoms with Crippen LogP contribution in [0.2, 0.25) is 5.02 Å². The van der Waals surface area contributed by atoms with Crippen LogP contribution < -0.4 is 4.90 Å². The topological polar surface area (TPSA) is 67.2 Å². The molecule has 1 amide bonds. The highest BCUT2D eigenvalue weighted by molar-refractivity contribution is 7.09. The van der Waals surface area contributed by atoms with Gasteiger partial charge in [-0.15, -0.1) is 11.3 Å². The van der Waals surface area contributed by atoms with Crippen LogP contribution in [0.3, 0.4) is 0 Å². The summed E-state index contributed by atoms with van der Waals surface area (Å²) in [5.41, 5.74) is 2.23. The van der Waals surface area contributed by atoms with Gasteiger partial charge in [0.1, 0.15) is 5.82 Å². The Morgan fingerprint density at radius 2 is 2.00 bits per heavy atom. The van der Waals surface area contributed by atoms with Crippen LogP contribution in [0, 0.1) is 6.92 Å². The molecule has 0 aromatic carbocycles. The van der Waals surface area contributed by atoms with Crippen LogP contribution in [0.4, 0.5) is 5.82 Å². The molecule has 1 saturated heterocycles. The molecule has 4 aromatic heterocycles. The van der Waals surface area contributed by atoms with Crippen LogP contribution in [-0.2, 0) is 6.54 Å². The van der Waals surface area contributed by atoms with E-state index >= 15 is 0 Å². The smallest absolute Gasteiger partial charge is 0.254 e. The fourth-order valence-electron chi connectivity index (χ4n) is 3.88. The Bertz CT molecular complexity index is 1210. The maximum absolute atomic E-state index is 13.4. The summed E-state index contributed by atoms with van der Waals surface area (Å²) in [6.45, 7) is 5.29. The van der Waals surface area contributed by atoms with Gasteiger partial charge in [0.2, 0.25) is 0 Å². The average molecular weight is 453 g/mol. The molecule has 0 N–H and O–H groups in total. The maximum atomic E-state index is 13.4. The van der Waals surface area contributed by atoms with Crippen LogP contribution in [0.25, 0.3) is 11.0 Å². The zero-order valence-electron chi connectivity index (χ0n) is 17.0. The van der Waals surface area contributed by atoms with E-state index in [1.54, 1.807) is 23.7 Å². The molecule has 5 rings (SSSR count). The van der Waals surface area contributed by atoms with E-state index in [4.69, 9.17) is 11.6 Å². The standard InChI is InChI=1S/C22H21ClN6OS/c1-15-11-18(19-13-25-29(21(19)26-15)14-17-3-2-10-31-17)22(30)28-8-6-27(7-9-28)20-5-4-16(23)12-24-20/h2-5,10-13H,6-9,14H2,1H3. The summed E-state index contributed by atoms with van der Waals surface area (Å²) in [7, 11) is 0. The number of amides is 1. The summed E-state index contributed by atoms with van der Waals surface area (Å²) in [4.78, 5) is 27.7. The summed E-state index contributed by atoms with van der Waals surface area (Å²) < 4.78 is 1.87. The van der Waals surface area contributed by atoms with Crippen molar-refractivity contribution in [2.75, 3.05) is 31.1 Å². The monoisotopic (exact) mass is 452 g/mol. The molecule has 1 aliphatic heterocycles. The molecule has 7 nitrogen and oxygen atoms in total. The quantitative estimate of drug-likeness (QED) is 0.470. The summed E-state index contributed by atoms with van der Waals surface area (Å²) in [6, 6.07) is 9.73. The second kappa shape index (κ2) is 8.28. The average Bonchev–Trinajstić information content (AvgIpc) is 3.44. The SMILES string of the molecule is Cc1cc(C(=O)N2CCN(c3ccc(Cl)cn3)CC2)c2cnn(Cc3cccs3)c2n1. The lowest BCUT2D eigenvalue weighted by atomic mass is 10.1. The fourth-order valence-corrected chi connectivity index (χ4v) is 4.68. The molecule has 1 aliphatic rings. The van der Waals surface area contributed by atoms with Gasteiger partial charge in [-0.25, -0.2) is 14.6 Å². The van der Waals surface area contributed by atoms with Gasteiger partial charge < -0.3 is 9.80 Å². The second-order valence-electron chi connectivity index (χ2n) is 7.54. The second-order valence-corrected chi connectivity index (χ2v) is 9.01. The van der Waals surface area contributed by atoms with E-state index in [0.717, 1.165) is 35.6 Å². The lowest BCUT2D eigenvalue weighted by molar-refractivity contribution is 0.0748. The minimum atomic E-state index is 0.0230. The molecule has 0 radical (unpaired) electrons. The van der Waals surface area contributed by atoms with Gasteiger partial charge >= 0.3 is 0 Å². The molecule has 0 unspecified atom stereocenters. The zero-order valence-corrected chi connectivity index (χ0v) is 18.6. The largest absolute Gasteiger partial charge is 0.353 e. The molecular weight excluding hydrogens is 432 g/mol. The van der Waals surface area contributed by atoms with E-state index in [1.165, 1.54) is 4.88 Å². The third-order valence-electron chi connectivity index (χ3n) is 5.46. The third kappa shape index (κ3) is 4.00. The summed E-state index contributed by atoms with van der Waals surface area (Å²) >= 11 is 7.62. The Morgan fingerprint density at radius 1 is 1.16 bits per heavy atom. The van der Waals surface area contributed by atoms with Crippen molar-refractivity contribution in [3.05, 3.63) is 69.3 Å².